The summed E-state index contributed by atoms with van der Waals surface area (Å²) in [7, 11) is 0. The fraction of sp³-hybridized carbons (Fsp3) is 0.550. The Morgan fingerprint density at radius 2 is 1.48 bits per heavy atom. The Kier molecular flexibility index (Phi) is 10.9. The lowest BCUT2D eigenvalue weighted by molar-refractivity contribution is -0.305. The molecule has 0 amide bonds. The van der Waals surface area contributed by atoms with Crippen molar-refractivity contribution in [3.63, 3.8) is 0 Å². The van der Waals surface area contributed by atoms with Crippen molar-refractivity contribution in [3.8, 4) is 0 Å². The van der Waals surface area contributed by atoms with Crippen LogP contribution >= 0.6 is 0 Å². The smallest absolute Gasteiger partial charge is 0.0879 e. The van der Waals surface area contributed by atoms with Crippen molar-refractivity contribution < 1.29 is 14.6 Å². The van der Waals surface area contributed by atoms with Gasteiger partial charge in [-0.25, -0.2) is 0 Å². The van der Waals surface area contributed by atoms with Crippen molar-refractivity contribution in [1.82, 2.24) is 0 Å². The van der Waals surface area contributed by atoms with Gasteiger partial charge in [0.2, 0.25) is 0 Å². The number of hydrogen-bond acceptors (Lipinski definition) is 3. The maximum Gasteiger partial charge on any atom is 0.0879 e. The summed E-state index contributed by atoms with van der Waals surface area (Å²) in [5, 5.41) is 10.2. The molecule has 0 radical (unpaired) electrons. The zero-order chi connectivity index (χ0) is 16.8. The predicted octanol–water partition coefficient (Wildman–Crippen LogP) is 3.87. The SMILES string of the molecule is CC/C=C\C/C=C\C/C=C\CC1OC1C/C=C\CCCC(=O)[O-]. The molecule has 3 nitrogen and oxygen atoms in total. The molecule has 1 aliphatic heterocycles. The van der Waals surface area contributed by atoms with Crippen LogP contribution in [0.2, 0.25) is 0 Å². The topological polar surface area (TPSA) is 52.7 Å². The maximum atomic E-state index is 10.2. The number of carboxylic acids is 1. The number of rotatable bonds is 13. The van der Waals surface area contributed by atoms with E-state index in [0.29, 0.717) is 18.6 Å². The summed E-state index contributed by atoms with van der Waals surface area (Å²) in [4.78, 5) is 10.2. The second-order valence-electron chi connectivity index (χ2n) is 5.71. The van der Waals surface area contributed by atoms with Gasteiger partial charge >= 0.3 is 0 Å². The first-order valence-corrected chi connectivity index (χ1v) is 8.69. The van der Waals surface area contributed by atoms with Gasteiger partial charge in [0.05, 0.1) is 12.2 Å². The number of aliphatic carboxylic acids is 1. The van der Waals surface area contributed by atoms with E-state index in [0.717, 1.165) is 38.5 Å². The summed E-state index contributed by atoms with van der Waals surface area (Å²) in [6.45, 7) is 2.14. The third kappa shape index (κ3) is 11.6. The average molecular weight is 317 g/mol. The zero-order valence-corrected chi connectivity index (χ0v) is 14.2. The van der Waals surface area contributed by atoms with Gasteiger partial charge in [0.25, 0.3) is 0 Å². The van der Waals surface area contributed by atoms with Crippen molar-refractivity contribution in [2.45, 2.75) is 70.5 Å². The molecule has 2 unspecified atom stereocenters. The molecule has 2 atom stereocenters. The van der Waals surface area contributed by atoms with Crippen molar-refractivity contribution in [3.05, 3.63) is 48.6 Å². The quantitative estimate of drug-likeness (QED) is 0.294. The molecule has 1 aliphatic rings. The molecule has 0 bridgehead atoms. The lowest BCUT2D eigenvalue weighted by Crippen LogP contribution is -2.21. The van der Waals surface area contributed by atoms with Crippen LogP contribution in [0.15, 0.2) is 48.6 Å². The van der Waals surface area contributed by atoms with Crippen LogP contribution < -0.4 is 5.11 Å². The summed E-state index contributed by atoms with van der Waals surface area (Å²) in [6, 6.07) is 0. The third-order valence-electron chi connectivity index (χ3n) is 3.62. The van der Waals surface area contributed by atoms with Crippen molar-refractivity contribution in [1.29, 1.82) is 0 Å². The molecule has 1 saturated heterocycles. The summed E-state index contributed by atoms with van der Waals surface area (Å²) in [5.74, 6) is -0.969. The third-order valence-corrected chi connectivity index (χ3v) is 3.62. The minimum absolute atomic E-state index is 0.140. The Bertz CT molecular complexity index is 432. The summed E-state index contributed by atoms with van der Waals surface area (Å²) < 4.78 is 5.60. The van der Waals surface area contributed by atoms with Gasteiger partial charge in [-0.1, -0.05) is 55.5 Å². The van der Waals surface area contributed by atoms with Crippen LogP contribution in [0.3, 0.4) is 0 Å². The molecule has 23 heavy (non-hydrogen) atoms. The highest BCUT2D eigenvalue weighted by Crippen LogP contribution is 2.29. The van der Waals surface area contributed by atoms with Crippen LogP contribution in [0, 0.1) is 0 Å². The minimum atomic E-state index is -0.969. The van der Waals surface area contributed by atoms with Gasteiger partial charge in [0, 0.05) is 5.97 Å². The molecule has 128 valence electrons. The molecular formula is C20H29O3-. The molecule has 3 heteroatoms. The maximum absolute atomic E-state index is 10.2. The van der Waals surface area contributed by atoms with Gasteiger partial charge in [-0.2, -0.15) is 0 Å². The van der Waals surface area contributed by atoms with E-state index >= 15 is 0 Å². The molecule has 0 aromatic heterocycles. The van der Waals surface area contributed by atoms with E-state index in [1.807, 2.05) is 6.08 Å². The highest BCUT2D eigenvalue weighted by Gasteiger charge is 2.35. The van der Waals surface area contributed by atoms with Crippen molar-refractivity contribution >= 4 is 5.97 Å². The standard InChI is InChI=1S/C20H30O3/c1-2-3-4-5-6-7-8-9-12-15-18-19(23-18)16-13-10-11-14-17-20(21)22/h3-4,6-7,9-10,12-13,18-19H,2,5,8,11,14-17H2,1H3,(H,21,22)/p-1/b4-3-,7-6-,12-9-,13-10-. The molecule has 0 aromatic carbocycles. The summed E-state index contributed by atoms with van der Waals surface area (Å²) >= 11 is 0. The zero-order valence-electron chi connectivity index (χ0n) is 14.2. The number of allylic oxidation sites excluding steroid dienone is 6. The number of carbonyl (C=O) groups excluding carboxylic acids is 1. The van der Waals surface area contributed by atoms with Gasteiger partial charge < -0.3 is 14.6 Å². The van der Waals surface area contributed by atoms with Crippen LogP contribution in [0.4, 0.5) is 0 Å². The van der Waals surface area contributed by atoms with Gasteiger partial charge in [-0.15, -0.1) is 0 Å². The second kappa shape index (κ2) is 12.9. The normalized spacial score (nSPS) is 21.3. The van der Waals surface area contributed by atoms with Crippen LogP contribution in [-0.2, 0) is 9.53 Å². The first-order chi connectivity index (χ1) is 11.2. The molecule has 0 N–H and O–H groups in total. The number of ether oxygens (including phenoxy) is 1. The van der Waals surface area contributed by atoms with Gasteiger partial charge in [-0.05, 0) is 51.4 Å². The predicted molar refractivity (Wildman–Crippen MR) is 92.8 cm³/mol. The van der Waals surface area contributed by atoms with E-state index in [1.165, 1.54) is 0 Å². The monoisotopic (exact) mass is 317 g/mol. The number of epoxide rings is 1. The molecular weight excluding hydrogens is 288 g/mol. The van der Waals surface area contributed by atoms with E-state index in [4.69, 9.17) is 4.74 Å². The molecule has 1 fully saturated rings. The molecule has 1 rings (SSSR count). The fourth-order valence-corrected chi connectivity index (χ4v) is 2.25. The Labute approximate surface area is 140 Å². The van der Waals surface area contributed by atoms with Crippen LogP contribution in [0.5, 0.6) is 0 Å². The van der Waals surface area contributed by atoms with Gasteiger partial charge in [0.15, 0.2) is 0 Å². The highest BCUT2D eigenvalue weighted by molar-refractivity contribution is 5.64. The van der Waals surface area contributed by atoms with Crippen molar-refractivity contribution in [2.24, 2.45) is 0 Å². The molecule has 0 aromatic rings. The lowest BCUT2D eigenvalue weighted by atomic mass is 10.1. The Morgan fingerprint density at radius 1 is 0.913 bits per heavy atom. The molecule has 0 spiro atoms. The largest absolute Gasteiger partial charge is 0.550 e. The average Bonchev–Trinajstić information content (AvgIpc) is 3.27. The number of unbranched alkanes of at least 4 members (excludes halogenated alkanes) is 1. The van der Waals surface area contributed by atoms with Gasteiger partial charge in [-0.3, -0.25) is 0 Å². The Balaban J connectivity index is 1.96. The fourth-order valence-electron chi connectivity index (χ4n) is 2.25. The molecule has 0 aliphatic carbocycles. The van der Waals surface area contributed by atoms with Gasteiger partial charge in [0.1, 0.15) is 0 Å². The van der Waals surface area contributed by atoms with Crippen LogP contribution in [0.25, 0.3) is 0 Å². The van der Waals surface area contributed by atoms with Crippen LogP contribution in [0.1, 0.15) is 58.3 Å². The van der Waals surface area contributed by atoms with Crippen LogP contribution in [-0.4, -0.2) is 18.2 Å². The van der Waals surface area contributed by atoms with E-state index in [2.05, 4.69) is 49.5 Å². The minimum Gasteiger partial charge on any atom is -0.550 e. The second-order valence-corrected chi connectivity index (χ2v) is 5.71. The number of carbonyl (C=O) groups is 1. The highest BCUT2D eigenvalue weighted by atomic mass is 16.6. The number of carboxylic acid groups (broad SMARTS) is 1. The first kappa shape index (κ1) is 19.4. The van der Waals surface area contributed by atoms with E-state index in [9.17, 15) is 9.90 Å². The number of hydrogen-bond donors (Lipinski definition) is 0. The van der Waals surface area contributed by atoms with E-state index in [-0.39, 0.29) is 6.42 Å². The lowest BCUT2D eigenvalue weighted by Gasteiger charge is -1.97. The summed E-state index contributed by atoms with van der Waals surface area (Å²) in [6.07, 6.45) is 24.6. The first-order valence-electron chi connectivity index (χ1n) is 8.69. The van der Waals surface area contributed by atoms with Crippen molar-refractivity contribution in [2.75, 3.05) is 0 Å². The Hall–Kier alpha value is -1.61. The van der Waals surface area contributed by atoms with E-state index in [1.54, 1.807) is 0 Å². The molecule has 0 saturated carbocycles. The molecule has 1 heterocycles. The Morgan fingerprint density at radius 3 is 2.09 bits per heavy atom. The van der Waals surface area contributed by atoms with E-state index < -0.39 is 5.97 Å². The summed E-state index contributed by atoms with van der Waals surface area (Å²) in [5.41, 5.74) is 0.